The lowest BCUT2D eigenvalue weighted by Gasteiger charge is -2.05. The molecule has 0 aromatic rings. The first kappa shape index (κ1) is 9.52. The van der Waals surface area contributed by atoms with Crippen molar-refractivity contribution in [1.29, 1.82) is 0 Å². The van der Waals surface area contributed by atoms with Crippen LogP contribution in [0, 0.1) is 17.8 Å². The van der Waals surface area contributed by atoms with Gasteiger partial charge in [-0.3, -0.25) is 0 Å². The summed E-state index contributed by atoms with van der Waals surface area (Å²) in [5, 5.41) is 0. The third-order valence-electron chi connectivity index (χ3n) is 1.60. The van der Waals surface area contributed by atoms with Crippen molar-refractivity contribution < 1.29 is 0 Å². The van der Waals surface area contributed by atoms with Crippen molar-refractivity contribution in [1.82, 2.24) is 0 Å². The molecule has 0 aliphatic rings. The average molecular weight is 139 g/mol. The molecule has 0 aliphatic heterocycles. The zero-order valence-corrected chi connectivity index (χ0v) is 6.98. The van der Waals surface area contributed by atoms with E-state index in [2.05, 4.69) is 18.8 Å². The van der Waals surface area contributed by atoms with Gasteiger partial charge in [-0.1, -0.05) is 6.92 Å². The summed E-state index contributed by atoms with van der Waals surface area (Å²) in [7, 11) is 0. The molecular weight excluding hydrogens is 122 g/mol. The fourth-order valence-corrected chi connectivity index (χ4v) is 0.872. The lowest BCUT2D eigenvalue weighted by atomic mass is 10.0. The summed E-state index contributed by atoms with van der Waals surface area (Å²) < 4.78 is 0. The Labute approximate surface area is 64.0 Å². The summed E-state index contributed by atoms with van der Waals surface area (Å²) in [5.41, 5.74) is 5.40. The minimum atomic E-state index is 0.742. The summed E-state index contributed by atoms with van der Waals surface area (Å²) in [5.74, 6) is 6.67. The molecule has 1 nitrogen and oxygen atoms in total. The van der Waals surface area contributed by atoms with E-state index in [9.17, 15) is 0 Å². The topological polar surface area (TPSA) is 26.0 Å². The molecule has 58 valence electrons. The second-order valence-corrected chi connectivity index (χ2v) is 2.65. The van der Waals surface area contributed by atoms with Gasteiger partial charge in [0.15, 0.2) is 0 Å². The minimum Gasteiger partial charge on any atom is -0.330 e. The smallest absolute Gasteiger partial charge is 0.00911 e. The van der Waals surface area contributed by atoms with Gasteiger partial charge in [-0.25, -0.2) is 0 Å². The fourth-order valence-electron chi connectivity index (χ4n) is 0.872. The highest BCUT2D eigenvalue weighted by molar-refractivity contribution is 4.94. The SMILES string of the molecule is CC#CCCC(C)CCN. The van der Waals surface area contributed by atoms with Crippen LogP contribution in [0.5, 0.6) is 0 Å². The van der Waals surface area contributed by atoms with Crippen LogP contribution in [0.1, 0.15) is 33.1 Å². The molecule has 0 bridgehead atoms. The minimum absolute atomic E-state index is 0.742. The number of hydrogen-bond donors (Lipinski definition) is 1. The lowest BCUT2D eigenvalue weighted by molar-refractivity contribution is 0.507. The van der Waals surface area contributed by atoms with E-state index < -0.39 is 0 Å². The molecule has 0 radical (unpaired) electrons. The van der Waals surface area contributed by atoms with Gasteiger partial charge in [0.1, 0.15) is 0 Å². The van der Waals surface area contributed by atoms with E-state index in [0.717, 1.165) is 25.3 Å². The molecule has 0 saturated carbocycles. The monoisotopic (exact) mass is 139 g/mol. The Bertz CT molecular complexity index is 118. The van der Waals surface area contributed by atoms with Gasteiger partial charge < -0.3 is 5.73 Å². The Hall–Kier alpha value is -0.480. The highest BCUT2D eigenvalue weighted by Gasteiger charge is 1.97. The van der Waals surface area contributed by atoms with E-state index in [1.54, 1.807) is 0 Å². The molecule has 0 amide bonds. The van der Waals surface area contributed by atoms with Crippen molar-refractivity contribution in [3.05, 3.63) is 0 Å². The highest BCUT2D eigenvalue weighted by Crippen LogP contribution is 2.07. The molecule has 1 atom stereocenters. The van der Waals surface area contributed by atoms with Gasteiger partial charge in [0, 0.05) is 6.42 Å². The first-order valence-electron chi connectivity index (χ1n) is 3.91. The molecule has 0 aromatic heterocycles. The van der Waals surface area contributed by atoms with Gasteiger partial charge in [0.05, 0.1) is 0 Å². The van der Waals surface area contributed by atoms with Gasteiger partial charge in [-0.2, -0.15) is 0 Å². The normalized spacial score (nSPS) is 11.9. The molecule has 10 heavy (non-hydrogen) atoms. The molecule has 2 N–H and O–H groups in total. The van der Waals surface area contributed by atoms with Crippen molar-refractivity contribution in [2.24, 2.45) is 11.7 Å². The molecule has 1 unspecified atom stereocenters. The van der Waals surface area contributed by atoms with Crippen molar-refractivity contribution in [3.63, 3.8) is 0 Å². The third kappa shape index (κ3) is 5.65. The lowest BCUT2D eigenvalue weighted by Crippen LogP contribution is -2.05. The maximum absolute atomic E-state index is 5.40. The number of rotatable bonds is 4. The van der Waals surface area contributed by atoms with Crippen molar-refractivity contribution >= 4 is 0 Å². The van der Waals surface area contributed by atoms with E-state index in [-0.39, 0.29) is 0 Å². The Morgan fingerprint density at radius 3 is 2.60 bits per heavy atom. The van der Waals surface area contributed by atoms with Gasteiger partial charge in [0.2, 0.25) is 0 Å². The van der Waals surface area contributed by atoms with Gasteiger partial charge >= 0.3 is 0 Å². The van der Waals surface area contributed by atoms with E-state index in [1.807, 2.05) is 6.92 Å². The predicted octanol–water partition coefficient (Wildman–Crippen LogP) is 1.77. The molecule has 0 spiro atoms. The van der Waals surface area contributed by atoms with Crippen LogP contribution in [-0.4, -0.2) is 6.54 Å². The van der Waals surface area contributed by atoms with Crippen LogP contribution in [-0.2, 0) is 0 Å². The van der Waals surface area contributed by atoms with Crippen LogP contribution in [0.2, 0.25) is 0 Å². The van der Waals surface area contributed by atoms with Crippen LogP contribution >= 0.6 is 0 Å². The molecule has 0 aliphatic carbocycles. The highest BCUT2D eigenvalue weighted by atomic mass is 14.5. The van der Waals surface area contributed by atoms with Crippen LogP contribution in [0.3, 0.4) is 0 Å². The zero-order chi connectivity index (χ0) is 7.82. The summed E-state index contributed by atoms with van der Waals surface area (Å²) in [4.78, 5) is 0. The maximum Gasteiger partial charge on any atom is 0.00911 e. The van der Waals surface area contributed by atoms with Crippen molar-refractivity contribution in [3.8, 4) is 11.8 Å². The van der Waals surface area contributed by atoms with E-state index >= 15 is 0 Å². The quantitative estimate of drug-likeness (QED) is 0.590. The Kier molecular flexibility index (Phi) is 6.32. The summed E-state index contributed by atoms with van der Waals surface area (Å²) in [6.07, 6.45) is 3.35. The van der Waals surface area contributed by atoms with Gasteiger partial charge in [-0.15, -0.1) is 11.8 Å². The van der Waals surface area contributed by atoms with Gasteiger partial charge in [0.25, 0.3) is 0 Å². The first-order valence-corrected chi connectivity index (χ1v) is 3.91. The van der Waals surface area contributed by atoms with Crippen molar-refractivity contribution in [2.75, 3.05) is 6.54 Å². The second-order valence-electron chi connectivity index (χ2n) is 2.65. The predicted molar refractivity (Wildman–Crippen MR) is 45.5 cm³/mol. The molecule has 0 fully saturated rings. The zero-order valence-electron chi connectivity index (χ0n) is 6.98. The van der Waals surface area contributed by atoms with E-state index in [4.69, 9.17) is 5.73 Å². The summed E-state index contributed by atoms with van der Waals surface area (Å²) in [6, 6.07) is 0. The molecule has 0 rings (SSSR count). The largest absolute Gasteiger partial charge is 0.330 e. The standard InChI is InChI=1S/C9H17N/c1-3-4-5-6-9(2)7-8-10/h9H,5-8,10H2,1-2H3. The van der Waals surface area contributed by atoms with Crippen LogP contribution in [0.4, 0.5) is 0 Å². The van der Waals surface area contributed by atoms with Crippen molar-refractivity contribution in [2.45, 2.75) is 33.1 Å². The van der Waals surface area contributed by atoms with Crippen LogP contribution < -0.4 is 5.73 Å². The van der Waals surface area contributed by atoms with Gasteiger partial charge in [-0.05, 0) is 32.2 Å². The number of hydrogen-bond acceptors (Lipinski definition) is 1. The molecular formula is C9H17N. The molecule has 0 heterocycles. The van der Waals surface area contributed by atoms with E-state index in [0.29, 0.717) is 0 Å². The summed E-state index contributed by atoms with van der Waals surface area (Å²) in [6.45, 7) is 4.92. The third-order valence-corrected chi connectivity index (χ3v) is 1.60. The van der Waals surface area contributed by atoms with E-state index in [1.165, 1.54) is 6.42 Å². The summed E-state index contributed by atoms with van der Waals surface area (Å²) >= 11 is 0. The molecule has 1 heteroatoms. The molecule has 0 aromatic carbocycles. The molecule has 0 saturated heterocycles. The number of nitrogens with two attached hydrogens (primary N) is 1. The second kappa shape index (κ2) is 6.64. The fraction of sp³-hybridized carbons (Fsp3) is 0.778. The van der Waals surface area contributed by atoms with Crippen LogP contribution in [0.25, 0.3) is 0 Å². The first-order chi connectivity index (χ1) is 4.81. The Morgan fingerprint density at radius 2 is 2.10 bits per heavy atom. The van der Waals surface area contributed by atoms with Crippen LogP contribution in [0.15, 0.2) is 0 Å². The Morgan fingerprint density at radius 1 is 1.40 bits per heavy atom. The Balaban J connectivity index is 3.18. The average Bonchev–Trinajstić information content (AvgIpc) is 1.89. The maximum atomic E-state index is 5.40.